The maximum absolute atomic E-state index is 5.18. The molecule has 27 heavy (non-hydrogen) atoms. The quantitative estimate of drug-likeness (QED) is 0.335. The van der Waals surface area contributed by atoms with E-state index in [1.807, 2.05) is 7.05 Å². The van der Waals surface area contributed by atoms with Crippen molar-refractivity contribution >= 4 is 29.9 Å². The lowest BCUT2D eigenvalue weighted by Gasteiger charge is -2.32. The van der Waals surface area contributed by atoms with Crippen LogP contribution in [0.25, 0.3) is 0 Å². The Labute approximate surface area is 182 Å². The van der Waals surface area contributed by atoms with Gasteiger partial charge in [0.1, 0.15) is 0 Å². The van der Waals surface area contributed by atoms with E-state index in [0.717, 1.165) is 25.7 Å². The predicted octanol–water partition coefficient (Wildman–Crippen LogP) is 3.32. The zero-order chi connectivity index (χ0) is 18.8. The molecule has 1 saturated heterocycles. The van der Waals surface area contributed by atoms with E-state index >= 15 is 0 Å². The largest absolute Gasteiger partial charge is 0.383 e. The third-order valence-electron chi connectivity index (χ3n) is 5.54. The number of nitrogens with zero attached hydrogens (tertiary/aromatic N) is 2. The molecular formula is C21H37IN4O. The molecule has 6 heteroatoms. The van der Waals surface area contributed by atoms with E-state index in [0.29, 0.717) is 17.9 Å². The van der Waals surface area contributed by atoms with Crippen molar-refractivity contribution in [2.45, 2.75) is 38.6 Å². The molecule has 0 aliphatic carbocycles. The molecular weight excluding hydrogens is 451 g/mol. The molecule has 0 radical (unpaired) electrons. The number of piperidine rings is 1. The Bertz CT molecular complexity index is 532. The molecule has 1 aromatic carbocycles. The zero-order valence-corrected chi connectivity index (χ0v) is 19.6. The van der Waals surface area contributed by atoms with Gasteiger partial charge in [0.05, 0.1) is 6.61 Å². The number of hydrogen-bond donors (Lipinski definition) is 2. The van der Waals surface area contributed by atoms with Crippen LogP contribution in [-0.4, -0.2) is 63.8 Å². The zero-order valence-electron chi connectivity index (χ0n) is 17.3. The van der Waals surface area contributed by atoms with Gasteiger partial charge in [-0.15, -0.1) is 24.0 Å². The molecule has 0 bridgehead atoms. The second kappa shape index (κ2) is 13.3. The van der Waals surface area contributed by atoms with Gasteiger partial charge in [-0.2, -0.15) is 0 Å². The highest BCUT2D eigenvalue weighted by Gasteiger charge is 2.20. The van der Waals surface area contributed by atoms with Crippen molar-refractivity contribution in [3.63, 3.8) is 0 Å². The highest BCUT2D eigenvalue weighted by atomic mass is 127. The van der Waals surface area contributed by atoms with Crippen molar-refractivity contribution in [1.29, 1.82) is 0 Å². The summed E-state index contributed by atoms with van der Waals surface area (Å²) in [5, 5.41) is 7.08. The summed E-state index contributed by atoms with van der Waals surface area (Å²) in [5.41, 5.74) is 1.35. The Morgan fingerprint density at radius 1 is 1.22 bits per heavy atom. The van der Waals surface area contributed by atoms with Gasteiger partial charge in [-0.1, -0.05) is 37.3 Å². The average molecular weight is 488 g/mol. The van der Waals surface area contributed by atoms with E-state index in [-0.39, 0.29) is 24.0 Å². The first-order valence-electron chi connectivity index (χ1n) is 9.87. The number of aliphatic imine (C=N–C) groups is 1. The van der Waals surface area contributed by atoms with Gasteiger partial charge in [-0.3, -0.25) is 4.99 Å². The first-order chi connectivity index (χ1) is 12.6. The maximum Gasteiger partial charge on any atom is 0.191 e. The van der Waals surface area contributed by atoms with Crippen LogP contribution in [-0.2, 0) is 4.74 Å². The molecule has 154 valence electrons. The number of guanidine groups is 1. The highest BCUT2D eigenvalue weighted by molar-refractivity contribution is 14.0. The van der Waals surface area contributed by atoms with Crippen molar-refractivity contribution in [3.8, 4) is 0 Å². The van der Waals surface area contributed by atoms with Crippen molar-refractivity contribution in [3.05, 3.63) is 35.9 Å². The number of benzene rings is 1. The van der Waals surface area contributed by atoms with E-state index in [2.05, 4.69) is 64.7 Å². The summed E-state index contributed by atoms with van der Waals surface area (Å²) in [7, 11) is 3.62. The summed E-state index contributed by atoms with van der Waals surface area (Å²) in [6.07, 6.45) is 2.48. The molecule has 1 fully saturated rings. The van der Waals surface area contributed by atoms with Gasteiger partial charge in [0.2, 0.25) is 0 Å². The normalized spacial score (nSPS) is 18.4. The van der Waals surface area contributed by atoms with Crippen LogP contribution in [0, 0.1) is 5.92 Å². The van der Waals surface area contributed by atoms with Gasteiger partial charge in [-0.05, 0) is 44.3 Å². The Kier molecular flexibility index (Phi) is 11.9. The van der Waals surface area contributed by atoms with E-state index in [4.69, 9.17) is 4.74 Å². The molecule has 2 atom stereocenters. The van der Waals surface area contributed by atoms with E-state index in [1.165, 1.54) is 31.5 Å². The summed E-state index contributed by atoms with van der Waals surface area (Å²) >= 11 is 0. The molecule has 5 nitrogen and oxygen atoms in total. The van der Waals surface area contributed by atoms with Gasteiger partial charge in [0.25, 0.3) is 0 Å². The van der Waals surface area contributed by atoms with Crippen LogP contribution in [0.15, 0.2) is 35.3 Å². The fourth-order valence-corrected chi connectivity index (χ4v) is 3.46. The molecule has 0 spiro atoms. The van der Waals surface area contributed by atoms with E-state index in [1.54, 1.807) is 7.11 Å². The Morgan fingerprint density at radius 2 is 1.89 bits per heavy atom. The number of rotatable bonds is 8. The molecule has 0 aromatic heterocycles. The van der Waals surface area contributed by atoms with Crippen LogP contribution in [0.3, 0.4) is 0 Å². The third kappa shape index (κ3) is 8.35. The number of nitrogens with one attached hydrogen (secondary N) is 2. The minimum atomic E-state index is 0. The van der Waals surface area contributed by atoms with Crippen LogP contribution in [0.1, 0.15) is 38.2 Å². The lowest BCUT2D eigenvalue weighted by atomic mass is 9.94. The predicted molar refractivity (Wildman–Crippen MR) is 125 cm³/mol. The van der Waals surface area contributed by atoms with E-state index < -0.39 is 0 Å². The SMILES string of the molecule is CN=C(NCC1CCN(CCOC)CC1)NC(C)C(C)c1ccccc1.I. The Balaban J connectivity index is 0.00000364. The monoisotopic (exact) mass is 488 g/mol. The van der Waals surface area contributed by atoms with Crippen LogP contribution in [0.4, 0.5) is 0 Å². The van der Waals surface area contributed by atoms with E-state index in [9.17, 15) is 0 Å². The second-order valence-corrected chi connectivity index (χ2v) is 7.36. The third-order valence-corrected chi connectivity index (χ3v) is 5.54. The molecule has 1 heterocycles. The van der Waals surface area contributed by atoms with Gasteiger partial charge < -0.3 is 20.3 Å². The summed E-state index contributed by atoms with van der Waals surface area (Å²) in [5.74, 6) is 2.05. The molecule has 1 aliphatic heterocycles. The molecule has 0 amide bonds. The smallest absolute Gasteiger partial charge is 0.191 e. The van der Waals surface area contributed by atoms with Crippen LogP contribution in [0.2, 0.25) is 0 Å². The minimum Gasteiger partial charge on any atom is -0.383 e. The standard InChI is InChI=1S/C21H36N4O.HI/c1-17(20-8-6-5-7-9-20)18(2)24-21(22-3)23-16-19-10-12-25(13-11-19)14-15-26-4;/h5-9,17-19H,10-16H2,1-4H3,(H2,22,23,24);1H. The molecule has 2 N–H and O–H groups in total. The topological polar surface area (TPSA) is 48.9 Å². The van der Waals surface area contributed by atoms with Crippen molar-refractivity contribution in [2.24, 2.45) is 10.9 Å². The molecule has 2 rings (SSSR count). The van der Waals surface area contributed by atoms with Crippen LogP contribution < -0.4 is 10.6 Å². The fourth-order valence-electron chi connectivity index (χ4n) is 3.46. The summed E-state index contributed by atoms with van der Waals surface area (Å²) < 4.78 is 5.18. The Morgan fingerprint density at radius 3 is 2.48 bits per heavy atom. The molecule has 0 saturated carbocycles. The summed E-state index contributed by atoms with van der Waals surface area (Å²) in [6, 6.07) is 11.0. The first kappa shape index (κ1) is 24.2. The lowest BCUT2D eigenvalue weighted by molar-refractivity contribution is 0.121. The number of halogens is 1. The Hall–Kier alpha value is -0.860. The number of hydrogen-bond acceptors (Lipinski definition) is 3. The summed E-state index contributed by atoms with van der Waals surface area (Å²) in [4.78, 5) is 6.91. The van der Waals surface area contributed by atoms with Gasteiger partial charge >= 0.3 is 0 Å². The number of ether oxygens (including phenoxy) is 1. The molecule has 2 unspecified atom stereocenters. The molecule has 1 aromatic rings. The number of methoxy groups -OCH3 is 1. The molecule has 1 aliphatic rings. The first-order valence-corrected chi connectivity index (χ1v) is 9.87. The van der Waals surface area contributed by atoms with Gasteiger partial charge in [0, 0.05) is 39.2 Å². The maximum atomic E-state index is 5.18. The number of likely N-dealkylation sites (tertiary alicyclic amines) is 1. The second-order valence-electron chi connectivity index (χ2n) is 7.36. The summed E-state index contributed by atoms with van der Waals surface area (Å²) in [6.45, 7) is 9.69. The minimum absolute atomic E-state index is 0. The average Bonchev–Trinajstić information content (AvgIpc) is 2.70. The fraction of sp³-hybridized carbons (Fsp3) is 0.667. The van der Waals surface area contributed by atoms with Crippen molar-refractivity contribution in [2.75, 3.05) is 46.9 Å². The highest BCUT2D eigenvalue weighted by Crippen LogP contribution is 2.19. The van der Waals surface area contributed by atoms with Gasteiger partial charge in [-0.25, -0.2) is 0 Å². The van der Waals surface area contributed by atoms with Crippen molar-refractivity contribution < 1.29 is 4.74 Å². The van der Waals surface area contributed by atoms with Gasteiger partial charge in [0.15, 0.2) is 5.96 Å². The van der Waals surface area contributed by atoms with Crippen LogP contribution >= 0.6 is 24.0 Å². The van der Waals surface area contributed by atoms with Crippen LogP contribution in [0.5, 0.6) is 0 Å². The lowest BCUT2D eigenvalue weighted by Crippen LogP contribution is -2.47. The van der Waals surface area contributed by atoms with Crippen molar-refractivity contribution in [1.82, 2.24) is 15.5 Å².